The number of amides is 1. The Balaban J connectivity index is 2.56. The molecule has 0 saturated heterocycles. The molecule has 0 aliphatic carbocycles. The summed E-state index contributed by atoms with van der Waals surface area (Å²) < 4.78 is 6.32. The van der Waals surface area contributed by atoms with Gasteiger partial charge < -0.3 is 9.64 Å². The molecule has 0 N–H and O–H groups in total. The Hall–Kier alpha value is -0.550. The topological polar surface area (TPSA) is 29.5 Å². The Labute approximate surface area is 109 Å². The summed E-state index contributed by atoms with van der Waals surface area (Å²) in [7, 11) is 1.73. The first-order valence-electron chi connectivity index (χ1n) is 4.95. The summed E-state index contributed by atoms with van der Waals surface area (Å²) in [6.07, 6.45) is -0.300. The number of hydrogen-bond acceptors (Lipinski definition) is 3. The highest BCUT2D eigenvalue weighted by atomic mass is 79.9. The fourth-order valence-electron chi connectivity index (χ4n) is 1.09. The lowest BCUT2D eigenvalue weighted by molar-refractivity contribution is 0.0285. The molecule has 0 aromatic carbocycles. The molecule has 90 valence electrons. The molecular weight excluding hydrogens is 290 g/mol. The zero-order chi connectivity index (χ0) is 12.3. The average Bonchev–Trinajstić information content (AvgIpc) is 2.49. The lowest BCUT2D eigenvalue weighted by Gasteiger charge is -2.24. The Morgan fingerprint density at radius 3 is 2.62 bits per heavy atom. The van der Waals surface area contributed by atoms with Gasteiger partial charge in [-0.3, -0.25) is 0 Å². The summed E-state index contributed by atoms with van der Waals surface area (Å²) in [6, 6.07) is 2.00. The normalized spacial score (nSPS) is 11.3. The molecule has 1 amide bonds. The fraction of sp³-hybridized carbons (Fsp3) is 0.545. The quantitative estimate of drug-likeness (QED) is 0.830. The third kappa shape index (κ3) is 4.14. The molecule has 0 aliphatic rings. The zero-order valence-corrected chi connectivity index (χ0v) is 12.3. The molecule has 16 heavy (non-hydrogen) atoms. The first-order valence-corrected chi connectivity index (χ1v) is 6.63. The zero-order valence-electron chi connectivity index (χ0n) is 9.91. The van der Waals surface area contributed by atoms with Crippen molar-refractivity contribution in [1.29, 1.82) is 0 Å². The number of rotatable bonds is 2. The van der Waals surface area contributed by atoms with Crippen LogP contribution < -0.4 is 0 Å². The molecule has 3 nitrogen and oxygen atoms in total. The molecule has 0 unspecified atom stereocenters. The van der Waals surface area contributed by atoms with E-state index in [9.17, 15) is 4.79 Å². The SMILES string of the molecule is CN(Cc1ccsc1Br)C(=O)OC(C)(C)C. The van der Waals surface area contributed by atoms with Crippen molar-refractivity contribution in [1.82, 2.24) is 4.90 Å². The predicted octanol–water partition coefficient (Wildman–Crippen LogP) is 3.88. The van der Waals surface area contributed by atoms with Crippen LogP contribution in [-0.2, 0) is 11.3 Å². The summed E-state index contributed by atoms with van der Waals surface area (Å²) in [5, 5.41) is 1.99. The fourth-order valence-corrected chi connectivity index (χ4v) is 2.31. The minimum Gasteiger partial charge on any atom is -0.444 e. The Kier molecular flexibility index (Phi) is 4.38. The Morgan fingerprint density at radius 2 is 2.19 bits per heavy atom. The van der Waals surface area contributed by atoms with Crippen molar-refractivity contribution in [2.24, 2.45) is 0 Å². The van der Waals surface area contributed by atoms with E-state index in [1.54, 1.807) is 23.3 Å². The molecule has 1 aromatic heterocycles. The van der Waals surface area contributed by atoms with Crippen LogP contribution in [0.25, 0.3) is 0 Å². The summed E-state index contributed by atoms with van der Waals surface area (Å²) in [6.45, 7) is 6.14. The van der Waals surface area contributed by atoms with Gasteiger partial charge in [-0.25, -0.2) is 4.79 Å². The minimum atomic E-state index is -0.447. The second-order valence-electron chi connectivity index (χ2n) is 4.56. The Morgan fingerprint density at radius 1 is 1.56 bits per heavy atom. The maximum absolute atomic E-state index is 11.7. The van der Waals surface area contributed by atoms with E-state index < -0.39 is 5.60 Å². The van der Waals surface area contributed by atoms with E-state index in [-0.39, 0.29) is 6.09 Å². The summed E-state index contributed by atoms with van der Waals surface area (Å²) in [5.74, 6) is 0. The lowest BCUT2D eigenvalue weighted by Crippen LogP contribution is -2.33. The monoisotopic (exact) mass is 305 g/mol. The molecule has 0 radical (unpaired) electrons. The molecule has 0 atom stereocenters. The van der Waals surface area contributed by atoms with Crippen LogP contribution in [0.15, 0.2) is 15.2 Å². The van der Waals surface area contributed by atoms with Crippen LogP contribution in [0, 0.1) is 0 Å². The molecule has 1 aromatic rings. The lowest BCUT2D eigenvalue weighted by atomic mass is 10.2. The maximum Gasteiger partial charge on any atom is 0.410 e. The van der Waals surface area contributed by atoms with Crippen molar-refractivity contribution in [2.75, 3.05) is 7.05 Å². The number of halogens is 1. The van der Waals surface area contributed by atoms with Gasteiger partial charge in [0.1, 0.15) is 5.60 Å². The van der Waals surface area contributed by atoms with Crippen molar-refractivity contribution < 1.29 is 9.53 Å². The van der Waals surface area contributed by atoms with Crippen molar-refractivity contribution in [3.8, 4) is 0 Å². The Bertz CT molecular complexity index is 370. The molecule has 0 bridgehead atoms. The van der Waals surface area contributed by atoms with Gasteiger partial charge in [-0.1, -0.05) is 0 Å². The largest absolute Gasteiger partial charge is 0.444 e. The van der Waals surface area contributed by atoms with Gasteiger partial charge >= 0.3 is 6.09 Å². The molecular formula is C11H16BrNO2S. The molecule has 0 aliphatic heterocycles. The molecule has 5 heteroatoms. The van der Waals surface area contributed by atoms with E-state index >= 15 is 0 Å². The van der Waals surface area contributed by atoms with Gasteiger partial charge in [0, 0.05) is 7.05 Å². The number of carbonyl (C=O) groups excluding carboxylic acids is 1. The van der Waals surface area contributed by atoms with Crippen molar-refractivity contribution in [3.05, 3.63) is 20.8 Å². The molecule has 0 spiro atoms. The number of carbonyl (C=O) groups is 1. The standard InChI is InChI=1S/C11H16BrNO2S/c1-11(2,3)15-10(14)13(4)7-8-5-6-16-9(8)12/h5-6H,7H2,1-4H3. The first-order chi connectivity index (χ1) is 7.29. The van der Waals surface area contributed by atoms with Crippen molar-refractivity contribution in [3.63, 3.8) is 0 Å². The third-order valence-corrected chi connectivity index (χ3v) is 3.62. The molecule has 0 fully saturated rings. The average molecular weight is 306 g/mol. The summed E-state index contributed by atoms with van der Waals surface area (Å²) in [5.41, 5.74) is 0.649. The van der Waals surface area contributed by atoms with E-state index in [2.05, 4.69) is 15.9 Å². The number of hydrogen-bond donors (Lipinski definition) is 0. The third-order valence-electron chi connectivity index (χ3n) is 1.81. The second-order valence-corrected chi connectivity index (χ2v) is 6.79. The molecule has 0 saturated carbocycles. The van der Waals surface area contributed by atoms with E-state index in [1.165, 1.54) is 0 Å². The summed E-state index contributed by atoms with van der Waals surface area (Å²) >= 11 is 5.05. The minimum absolute atomic E-state index is 0.300. The highest BCUT2D eigenvalue weighted by Crippen LogP contribution is 2.24. The van der Waals surface area contributed by atoms with Gasteiger partial charge in [-0.05, 0) is 53.7 Å². The van der Waals surface area contributed by atoms with Crippen LogP contribution >= 0.6 is 27.3 Å². The highest BCUT2D eigenvalue weighted by Gasteiger charge is 2.20. The van der Waals surface area contributed by atoms with Gasteiger partial charge in [0.25, 0.3) is 0 Å². The molecule has 1 heterocycles. The van der Waals surface area contributed by atoms with Crippen LogP contribution in [0.5, 0.6) is 0 Å². The smallest absolute Gasteiger partial charge is 0.410 e. The van der Waals surface area contributed by atoms with Gasteiger partial charge in [-0.15, -0.1) is 11.3 Å². The van der Waals surface area contributed by atoms with E-state index in [1.807, 2.05) is 32.2 Å². The van der Waals surface area contributed by atoms with E-state index in [0.29, 0.717) is 6.54 Å². The van der Waals surface area contributed by atoms with Crippen LogP contribution in [0.3, 0.4) is 0 Å². The van der Waals surface area contributed by atoms with E-state index in [0.717, 1.165) is 9.35 Å². The van der Waals surface area contributed by atoms with Gasteiger partial charge in [0.2, 0.25) is 0 Å². The summed E-state index contributed by atoms with van der Waals surface area (Å²) in [4.78, 5) is 13.3. The highest BCUT2D eigenvalue weighted by molar-refractivity contribution is 9.11. The predicted molar refractivity (Wildman–Crippen MR) is 69.7 cm³/mol. The number of ether oxygens (including phenoxy) is 1. The van der Waals surface area contributed by atoms with Crippen LogP contribution in [0.2, 0.25) is 0 Å². The van der Waals surface area contributed by atoms with Crippen LogP contribution in [-0.4, -0.2) is 23.6 Å². The molecule has 1 rings (SSSR count). The second kappa shape index (κ2) is 5.19. The van der Waals surface area contributed by atoms with Crippen molar-refractivity contribution >= 4 is 33.4 Å². The van der Waals surface area contributed by atoms with Gasteiger partial charge in [0.15, 0.2) is 0 Å². The number of thiophene rings is 1. The van der Waals surface area contributed by atoms with Crippen LogP contribution in [0.1, 0.15) is 26.3 Å². The van der Waals surface area contributed by atoms with E-state index in [4.69, 9.17) is 4.74 Å². The van der Waals surface area contributed by atoms with Crippen molar-refractivity contribution in [2.45, 2.75) is 32.9 Å². The maximum atomic E-state index is 11.7. The first kappa shape index (κ1) is 13.5. The van der Waals surface area contributed by atoms with Gasteiger partial charge in [-0.2, -0.15) is 0 Å². The number of nitrogens with zero attached hydrogens (tertiary/aromatic N) is 1. The van der Waals surface area contributed by atoms with Crippen LogP contribution in [0.4, 0.5) is 4.79 Å². The van der Waals surface area contributed by atoms with Gasteiger partial charge in [0.05, 0.1) is 10.3 Å².